The number of likely N-dealkylation sites (N-methyl/N-ethyl adjacent to an activating group) is 1. The van der Waals surface area contributed by atoms with Gasteiger partial charge in [0, 0.05) is 36.1 Å². The van der Waals surface area contributed by atoms with Crippen LogP contribution in [-0.4, -0.2) is 54.8 Å². The molecule has 2 atom stereocenters. The Morgan fingerprint density at radius 3 is 2.65 bits per heavy atom. The van der Waals surface area contributed by atoms with Crippen molar-refractivity contribution in [1.29, 1.82) is 0 Å². The Hall–Kier alpha value is -2.55. The van der Waals surface area contributed by atoms with E-state index < -0.39 is 17.2 Å². The second kappa shape index (κ2) is 8.91. The third kappa shape index (κ3) is 3.78. The lowest BCUT2D eigenvalue weighted by atomic mass is 10.1. The second-order valence-corrected chi connectivity index (χ2v) is 10.2. The molecule has 0 saturated carbocycles. The van der Waals surface area contributed by atoms with Gasteiger partial charge in [0.05, 0.1) is 22.8 Å². The second-order valence-electron chi connectivity index (χ2n) is 8.72. The van der Waals surface area contributed by atoms with E-state index in [1.807, 2.05) is 33.7 Å². The van der Waals surface area contributed by atoms with E-state index in [2.05, 4.69) is 18.9 Å². The minimum Gasteiger partial charge on any atom is -0.462 e. The first-order valence-electron chi connectivity index (χ1n) is 11.3. The molecule has 0 aliphatic carbocycles. The fourth-order valence-corrected chi connectivity index (χ4v) is 5.99. The van der Waals surface area contributed by atoms with Crippen LogP contribution in [0.1, 0.15) is 35.1 Å². The number of hydrogen-bond acceptors (Lipinski definition) is 6. The van der Waals surface area contributed by atoms with E-state index in [0.29, 0.717) is 34.3 Å². The summed E-state index contributed by atoms with van der Waals surface area (Å²) in [5, 5.41) is 1.17. The first-order chi connectivity index (χ1) is 16.3. The monoisotopic (exact) mass is 501 g/mol. The minimum atomic E-state index is -0.683. The van der Waals surface area contributed by atoms with Gasteiger partial charge in [0.25, 0.3) is 0 Å². The van der Waals surface area contributed by atoms with E-state index in [1.165, 1.54) is 17.8 Å². The Morgan fingerprint density at radius 1 is 1.24 bits per heavy atom. The summed E-state index contributed by atoms with van der Waals surface area (Å²) in [6.45, 7) is 6.15. The Labute approximate surface area is 206 Å². The Bertz CT molecular complexity index is 1340. The van der Waals surface area contributed by atoms with E-state index in [9.17, 15) is 9.59 Å². The molecule has 5 rings (SSSR count). The van der Waals surface area contributed by atoms with Gasteiger partial charge in [-0.05, 0) is 50.7 Å². The van der Waals surface area contributed by atoms with Crippen LogP contribution in [0.4, 0.5) is 10.1 Å². The van der Waals surface area contributed by atoms with Crippen LogP contribution < -0.4 is 10.3 Å². The molecule has 2 aliphatic heterocycles. The fraction of sp³-hybridized carbons (Fsp3) is 0.360. The highest BCUT2D eigenvalue weighted by molar-refractivity contribution is 8.00. The standard InChI is InChI=1S/C25H25ClFN3O3S/c1-4-33-25(32)21-22(31)17-11-18(27)20(29-10-9-28(3)14(2)13-29)12-19(17)30-23(34-24(21)30)15-5-7-16(26)8-6-15/h5-8,11-12,14,23H,4,9-10,13H2,1-3H3. The van der Waals surface area contributed by atoms with Crippen LogP contribution in [0.3, 0.4) is 0 Å². The molecule has 2 unspecified atom stereocenters. The molecule has 0 amide bonds. The van der Waals surface area contributed by atoms with Crippen molar-refractivity contribution in [2.45, 2.75) is 30.3 Å². The summed E-state index contributed by atoms with van der Waals surface area (Å²) in [6, 6.07) is 10.8. The topological polar surface area (TPSA) is 54.8 Å². The number of benzene rings is 2. The average Bonchev–Trinajstić information content (AvgIpc) is 2.79. The van der Waals surface area contributed by atoms with Crippen LogP contribution in [0.15, 0.2) is 46.2 Å². The summed E-state index contributed by atoms with van der Waals surface area (Å²) in [6.07, 6.45) is 0. The highest BCUT2D eigenvalue weighted by atomic mass is 35.5. The van der Waals surface area contributed by atoms with Crippen molar-refractivity contribution >= 4 is 45.9 Å². The summed E-state index contributed by atoms with van der Waals surface area (Å²) < 4.78 is 22.5. The first-order valence-corrected chi connectivity index (χ1v) is 12.5. The Morgan fingerprint density at radius 2 is 1.97 bits per heavy atom. The number of esters is 1. The molecule has 3 aromatic rings. The van der Waals surface area contributed by atoms with Gasteiger partial charge in [0.15, 0.2) is 0 Å². The third-order valence-electron chi connectivity index (χ3n) is 6.62. The molecule has 0 spiro atoms. The highest BCUT2D eigenvalue weighted by Gasteiger charge is 2.37. The predicted molar refractivity (Wildman–Crippen MR) is 134 cm³/mol. The number of ether oxygens (including phenoxy) is 1. The maximum absolute atomic E-state index is 15.4. The minimum absolute atomic E-state index is 0.0371. The number of rotatable bonds is 4. The van der Waals surface area contributed by atoms with Gasteiger partial charge in [0.1, 0.15) is 16.8 Å². The molecule has 34 heavy (non-hydrogen) atoms. The zero-order valence-corrected chi connectivity index (χ0v) is 20.8. The molecular formula is C25H25ClFN3O3S. The molecule has 0 bridgehead atoms. The Kier molecular flexibility index (Phi) is 6.08. The van der Waals surface area contributed by atoms with E-state index in [-0.39, 0.29) is 29.0 Å². The van der Waals surface area contributed by atoms with Gasteiger partial charge in [-0.1, -0.05) is 35.5 Å². The summed E-state index contributed by atoms with van der Waals surface area (Å²) in [4.78, 5) is 30.3. The fourth-order valence-electron chi connectivity index (χ4n) is 4.59. The van der Waals surface area contributed by atoms with Crippen molar-refractivity contribution in [1.82, 2.24) is 9.47 Å². The van der Waals surface area contributed by atoms with E-state index in [4.69, 9.17) is 16.3 Å². The molecule has 2 aliphatic rings. The summed E-state index contributed by atoms with van der Waals surface area (Å²) in [7, 11) is 2.06. The van der Waals surface area contributed by atoms with Crippen LogP contribution >= 0.6 is 23.4 Å². The van der Waals surface area contributed by atoms with Gasteiger partial charge in [-0.25, -0.2) is 9.18 Å². The number of carbonyl (C=O) groups excluding carboxylic acids is 1. The molecule has 1 aromatic heterocycles. The Balaban J connectivity index is 1.71. The smallest absolute Gasteiger partial charge is 0.344 e. The molecule has 1 saturated heterocycles. The zero-order valence-electron chi connectivity index (χ0n) is 19.2. The lowest BCUT2D eigenvalue weighted by Crippen LogP contribution is -2.50. The molecule has 9 heteroatoms. The lowest BCUT2D eigenvalue weighted by molar-refractivity contribution is 0.0518. The van der Waals surface area contributed by atoms with Crippen molar-refractivity contribution in [3.8, 4) is 0 Å². The lowest BCUT2D eigenvalue weighted by Gasteiger charge is -2.40. The zero-order chi connectivity index (χ0) is 24.1. The quantitative estimate of drug-likeness (QED) is 0.480. The molecule has 6 nitrogen and oxygen atoms in total. The van der Waals surface area contributed by atoms with Gasteiger partial charge >= 0.3 is 5.97 Å². The van der Waals surface area contributed by atoms with Crippen LogP contribution in [-0.2, 0) is 4.74 Å². The number of anilines is 1. The van der Waals surface area contributed by atoms with Crippen LogP contribution in [0.5, 0.6) is 0 Å². The van der Waals surface area contributed by atoms with Crippen molar-refractivity contribution in [2.24, 2.45) is 0 Å². The number of thioether (sulfide) groups is 1. The molecular weight excluding hydrogens is 477 g/mol. The van der Waals surface area contributed by atoms with Crippen molar-refractivity contribution < 1.29 is 13.9 Å². The molecule has 3 heterocycles. The van der Waals surface area contributed by atoms with Crippen molar-refractivity contribution in [3.05, 3.63) is 68.6 Å². The third-order valence-corrected chi connectivity index (χ3v) is 8.20. The summed E-state index contributed by atoms with van der Waals surface area (Å²) >= 11 is 7.49. The number of hydrogen-bond donors (Lipinski definition) is 0. The van der Waals surface area contributed by atoms with E-state index in [0.717, 1.165) is 12.1 Å². The number of halogens is 2. The highest BCUT2D eigenvalue weighted by Crippen LogP contribution is 2.50. The van der Waals surface area contributed by atoms with Gasteiger partial charge in [0.2, 0.25) is 5.43 Å². The molecule has 178 valence electrons. The first kappa shape index (κ1) is 23.2. The van der Waals surface area contributed by atoms with Crippen LogP contribution in [0.25, 0.3) is 10.9 Å². The number of piperazine rings is 1. The maximum Gasteiger partial charge on any atom is 0.344 e. The largest absolute Gasteiger partial charge is 0.462 e. The molecule has 0 N–H and O–H groups in total. The molecule has 0 radical (unpaired) electrons. The SMILES string of the molecule is CCOC(=O)c1c2n(c3cc(N4CCN(C)C(C)C4)c(F)cc3c1=O)C(c1ccc(Cl)cc1)S2. The van der Waals surface area contributed by atoms with Gasteiger partial charge in [-0.2, -0.15) is 0 Å². The van der Waals surface area contributed by atoms with Gasteiger partial charge in [-0.15, -0.1) is 0 Å². The van der Waals surface area contributed by atoms with Crippen molar-refractivity contribution in [3.63, 3.8) is 0 Å². The average molecular weight is 502 g/mol. The number of carbonyl (C=O) groups is 1. The van der Waals surface area contributed by atoms with Gasteiger partial charge < -0.3 is 19.1 Å². The van der Waals surface area contributed by atoms with E-state index in [1.54, 1.807) is 13.0 Å². The maximum atomic E-state index is 15.4. The summed E-state index contributed by atoms with van der Waals surface area (Å²) in [5.74, 6) is -1.15. The number of pyridine rings is 1. The van der Waals surface area contributed by atoms with Crippen LogP contribution in [0.2, 0.25) is 5.02 Å². The van der Waals surface area contributed by atoms with Gasteiger partial charge in [-0.3, -0.25) is 4.79 Å². The van der Waals surface area contributed by atoms with E-state index >= 15 is 4.39 Å². The number of fused-ring (bicyclic) bond motifs is 3. The molecule has 2 aromatic carbocycles. The van der Waals surface area contributed by atoms with Crippen molar-refractivity contribution in [2.75, 3.05) is 38.2 Å². The molecule has 1 fully saturated rings. The normalized spacial score (nSPS) is 20.2. The number of nitrogens with zero attached hydrogens (tertiary/aromatic N) is 3. The number of aromatic nitrogens is 1. The van der Waals surface area contributed by atoms with Crippen LogP contribution in [0, 0.1) is 5.82 Å². The predicted octanol–water partition coefficient (Wildman–Crippen LogP) is 4.76. The summed E-state index contributed by atoms with van der Waals surface area (Å²) in [5.41, 5.74) is 1.51.